The van der Waals surface area contributed by atoms with Crippen LogP contribution in [0.15, 0.2) is 43.0 Å². The second-order valence-electron chi connectivity index (χ2n) is 10.4. The number of halogens is 1. The van der Waals surface area contributed by atoms with Gasteiger partial charge >= 0.3 is 0 Å². The molecule has 2 unspecified atom stereocenters. The minimum Gasteiger partial charge on any atom is -0.206 e. The summed E-state index contributed by atoms with van der Waals surface area (Å²) in [7, 11) is 0. The summed E-state index contributed by atoms with van der Waals surface area (Å²) in [5, 5.41) is 1.85. The predicted molar refractivity (Wildman–Crippen MR) is 132 cm³/mol. The third-order valence-electron chi connectivity index (χ3n) is 8.28. The summed E-state index contributed by atoms with van der Waals surface area (Å²) < 4.78 is 14.9. The first kappa shape index (κ1) is 22.6. The van der Waals surface area contributed by atoms with Gasteiger partial charge in [-0.2, -0.15) is 0 Å². The van der Waals surface area contributed by atoms with E-state index < -0.39 is 0 Å². The molecule has 0 saturated heterocycles. The molecule has 0 aliphatic heterocycles. The van der Waals surface area contributed by atoms with E-state index in [1.165, 1.54) is 76.2 Å². The molecule has 31 heavy (non-hydrogen) atoms. The average molecular weight is 421 g/mol. The van der Waals surface area contributed by atoms with Crippen molar-refractivity contribution < 1.29 is 4.39 Å². The van der Waals surface area contributed by atoms with Crippen LogP contribution in [-0.2, 0) is 6.42 Å². The Balaban J connectivity index is 1.38. The van der Waals surface area contributed by atoms with Gasteiger partial charge < -0.3 is 0 Å². The maximum atomic E-state index is 14.9. The molecule has 0 radical (unpaired) electrons. The normalized spacial score (nSPS) is 26.0. The highest BCUT2D eigenvalue weighted by molar-refractivity contribution is 5.84. The van der Waals surface area contributed by atoms with E-state index in [1.807, 2.05) is 6.08 Å². The molecule has 0 heterocycles. The predicted octanol–water partition coefficient (Wildman–Crippen LogP) is 9.37. The molecule has 2 saturated carbocycles. The van der Waals surface area contributed by atoms with Crippen molar-refractivity contribution in [1.82, 2.24) is 0 Å². The standard InChI is InChI=1S/C30H41F/c1-3-5-7-8-10-22-11-12-25-20-26(14-13-24(25)17-22)27-15-16-28-18-23(9-6-4-2)19-30(31)29(28)21-27/h4,15-16,18-19,21-22,24-26H,2-3,5-14,17,20H2,1H3/t22?,24-,25?,26-/m1/s1. The zero-order chi connectivity index (χ0) is 21.6. The van der Waals surface area contributed by atoms with E-state index in [-0.39, 0.29) is 5.82 Å². The lowest BCUT2D eigenvalue weighted by atomic mass is 9.63. The number of benzene rings is 2. The zero-order valence-corrected chi connectivity index (χ0v) is 19.6. The summed E-state index contributed by atoms with van der Waals surface area (Å²) in [6.45, 7) is 6.08. The fraction of sp³-hybridized carbons (Fsp3) is 0.600. The van der Waals surface area contributed by atoms with E-state index in [2.05, 4.69) is 37.8 Å². The first-order valence-electron chi connectivity index (χ1n) is 13.0. The second kappa shape index (κ2) is 10.8. The van der Waals surface area contributed by atoms with Crippen molar-refractivity contribution in [3.8, 4) is 0 Å². The molecular weight excluding hydrogens is 379 g/mol. The number of fused-ring (bicyclic) bond motifs is 2. The SMILES string of the molecule is C=CCCc1cc(F)c2cc([C@@H]3CC[C@@H]4CC(CCCCCC)CCC4C3)ccc2c1. The molecule has 2 aromatic carbocycles. The number of rotatable bonds is 9. The summed E-state index contributed by atoms with van der Waals surface area (Å²) in [6.07, 6.45) is 19.1. The van der Waals surface area contributed by atoms with Crippen LogP contribution in [0.25, 0.3) is 10.8 Å². The molecule has 0 nitrogen and oxygen atoms in total. The van der Waals surface area contributed by atoms with Crippen molar-refractivity contribution in [3.05, 3.63) is 59.9 Å². The molecule has 2 aliphatic rings. The minimum atomic E-state index is -0.0596. The van der Waals surface area contributed by atoms with Crippen LogP contribution in [-0.4, -0.2) is 0 Å². The Morgan fingerprint density at radius 3 is 2.65 bits per heavy atom. The first-order valence-corrected chi connectivity index (χ1v) is 13.0. The lowest BCUT2D eigenvalue weighted by Crippen LogP contribution is -2.30. The molecule has 2 aliphatic carbocycles. The maximum Gasteiger partial charge on any atom is 0.131 e. The van der Waals surface area contributed by atoms with Crippen LogP contribution in [0.3, 0.4) is 0 Å². The Morgan fingerprint density at radius 2 is 1.81 bits per heavy atom. The van der Waals surface area contributed by atoms with E-state index in [0.717, 1.165) is 46.9 Å². The first-order chi connectivity index (χ1) is 15.2. The summed E-state index contributed by atoms with van der Waals surface area (Å²) in [6, 6.07) is 10.5. The third kappa shape index (κ3) is 5.60. The van der Waals surface area contributed by atoms with Crippen molar-refractivity contribution in [3.63, 3.8) is 0 Å². The summed E-state index contributed by atoms with van der Waals surface area (Å²) >= 11 is 0. The molecule has 2 fully saturated rings. The fourth-order valence-corrected chi connectivity index (χ4v) is 6.47. The topological polar surface area (TPSA) is 0 Å². The lowest BCUT2D eigenvalue weighted by molar-refractivity contribution is 0.113. The lowest BCUT2D eigenvalue weighted by Gasteiger charge is -2.42. The minimum absolute atomic E-state index is 0.0596. The number of hydrogen-bond donors (Lipinski definition) is 0. The number of aryl methyl sites for hydroxylation is 1. The van der Waals surface area contributed by atoms with Crippen molar-refractivity contribution in [1.29, 1.82) is 0 Å². The van der Waals surface area contributed by atoms with Crippen molar-refractivity contribution >= 4 is 10.8 Å². The average Bonchev–Trinajstić information content (AvgIpc) is 2.80. The third-order valence-corrected chi connectivity index (χ3v) is 8.28. The Kier molecular flexibility index (Phi) is 7.86. The van der Waals surface area contributed by atoms with Gasteiger partial charge in [0.05, 0.1) is 0 Å². The summed E-state index contributed by atoms with van der Waals surface area (Å²) in [4.78, 5) is 0. The van der Waals surface area contributed by atoms with E-state index in [1.54, 1.807) is 6.07 Å². The summed E-state index contributed by atoms with van der Waals surface area (Å²) in [5.74, 6) is 3.39. The van der Waals surface area contributed by atoms with Gasteiger partial charge in [0.15, 0.2) is 0 Å². The van der Waals surface area contributed by atoms with Gasteiger partial charge in [-0.1, -0.05) is 69.7 Å². The van der Waals surface area contributed by atoms with Crippen LogP contribution in [0, 0.1) is 23.6 Å². The number of hydrogen-bond acceptors (Lipinski definition) is 0. The Bertz CT molecular complexity index is 866. The number of unbranched alkanes of at least 4 members (excludes halogenated alkanes) is 3. The van der Waals surface area contributed by atoms with Gasteiger partial charge in [-0.25, -0.2) is 4.39 Å². The van der Waals surface area contributed by atoms with Crippen LogP contribution in [0.4, 0.5) is 4.39 Å². The van der Waals surface area contributed by atoms with Gasteiger partial charge in [0.2, 0.25) is 0 Å². The molecule has 1 heteroatoms. The Hall–Kier alpha value is -1.63. The van der Waals surface area contributed by atoms with E-state index in [4.69, 9.17) is 0 Å². The van der Waals surface area contributed by atoms with Crippen LogP contribution in [0.2, 0.25) is 0 Å². The van der Waals surface area contributed by atoms with Crippen LogP contribution in [0.5, 0.6) is 0 Å². The largest absolute Gasteiger partial charge is 0.206 e. The van der Waals surface area contributed by atoms with Crippen molar-refractivity contribution in [2.24, 2.45) is 17.8 Å². The zero-order valence-electron chi connectivity index (χ0n) is 19.6. The molecule has 0 spiro atoms. The molecule has 0 amide bonds. The quantitative estimate of drug-likeness (QED) is 0.280. The molecule has 0 N–H and O–H groups in total. The molecule has 0 aromatic heterocycles. The van der Waals surface area contributed by atoms with Gasteiger partial charge in [0, 0.05) is 5.39 Å². The van der Waals surface area contributed by atoms with Crippen molar-refractivity contribution in [2.45, 2.75) is 96.3 Å². The number of allylic oxidation sites excluding steroid dienone is 1. The van der Waals surface area contributed by atoms with E-state index in [9.17, 15) is 4.39 Å². The molecular formula is C30H41F. The van der Waals surface area contributed by atoms with E-state index >= 15 is 0 Å². The van der Waals surface area contributed by atoms with Crippen LogP contribution in [0.1, 0.15) is 101 Å². The van der Waals surface area contributed by atoms with Gasteiger partial charge in [-0.3, -0.25) is 0 Å². The maximum absolute atomic E-state index is 14.9. The molecule has 2 aromatic rings. The fourth-order valence-electron chi connectivity index (χ4n) is 6.47. The van der Waals surface area contributed by atoms with E-state index in [0.29, 0.717) is 5.92 Å². The Morgan fingerprint density at radius 1 is 0.968 bits per heavy atom. The highest BCUT2D eigenvalue weighted by atomic mass is 19.1. The molecule has 0 bridgehead atoms. The molecule has 4 atom stereocenters. The Labute approximate surface area is 189 Å². The molecule has 4 rings (SSSR count). The van der Waals surface area contributed by atoms with Gasteiger partial charge in [-0.05, 0) is 97.3 Å². The highest BCUT2D eigenvalue weighted by Crippen LogP contribution is 2.48. The van der Waals surface area contributed by atoms with Gasteiger partial charge in [0.25, 0.3) is 0 Å². The second-order valence-corrected chi connectivity index (χ2v) is 10.4. The van der Waals surface area contributed by atoms with Crippen molar-refractivity contribution in [2.75, 3.05) is 0 Å². The summed E-state index contributed by atoms with van der Waals surface area (Å²) in [5.41, 5.74) is 2.44. The molecule has 168 valence electrons. The van der Waals surface area contributed by atoms with Gasteiger partial charge in [0.1, 0.15) is 5.82 Å². The highest BCUT2D eigenvalue weighted by Gasteiger charge is 2.35. The monoisotopic (exact) mass is 420 g/mol. The van der Waals surface area contributed by atoms with Crippen LogP contribution < -0.4 is 0 Å². The van der Waals surface area contributed by atoms with Gasteiger partial charge in [-0.15, -0.1) is 6.58 Å². The van der Waals surface area contributed by atoms with Crippen LogP contribution >= 0.6 is 0 Å². The smallest absolute Gasteiger partial charge is 0.131 e.